The first-order valence-corrected chi connectivity index (χ1v) is 16.0. The highest BCUT2D eigenvalue weighted by atomic mass is 16.8. The average molecular weight is 617 g/mol. The van der Waals surface area contributed by atoms with Gasteiger partial charge in [0.05, 0.1) is 0 Å². The standard InChI is InChI=1S/C34H48O10/c1-18(36)40-22-15-20-26(38)42-28-34(20,32(8)14-10-12-30(5,6)25(22)32)44-27(43-28)21-16-23(41-19(2)37)24-29(3,4)11-9-13-31(24,7)33(21,39)17-35/h15-17,22-28,38-39H,9-14H2,1-8H3/t22-,23-,24+,25+,26?,27+,28+,31+,32+,33-,34+/m1/s1. The van der Waals surface area contributed by atoms with Crippen LogP contribution >= 0.6 is 0 Å². The van der Waals surface area contributed by atoms with Crippen molar-refractivity contribution in [2.24, 2.45) is 33.5 Å². The second kappa shape index (κ2) is 9.94. The molecule has 244 valence electrons. The summed E-state index contributed by atoms with van der Waals surface area (Å²) in [6.45, 7) is 15.2. The van der Waals surface area contributed by atoms with Crippen molar-refractivity contribution in [1.82, 2.24) is 0 Å². The van der Waals surface area contributed by atoms with Crippen LogP contribution in [0.1, 0.15) is 93.9 Å². The van der Waals surface area contributed by atoms with Gasteiger partial charge < -0.3 is 33.9 Å². The summed E-state index contributed by atoms with van der Waals surface area (Å²) in [5, 5.41) is 23.7. The SMILES string of the molecule is CC(=O)O[C@@H]1C=C([C@H]2O[C@@H]3OC(O)C4=C[C@@H](OC(C)=O)[C@H]5C(C)(C)CCC[C@]5(C)[C@]43O2)[C@](O)(C=O)[C@@]2(C)CCCC(C)(C)[C@H]12. The lowest BCUT2D eigenvalue weighted by atomic mass is 9.46. The molecule has 6 rings (SSSR count). The van der Waals surface area contributed by atoms with E-state index >= 15 is 0 Å². The number of hydrogen-bond acceptors (Lipinski definition) is 10. The molecular formula is C34H48O10. The molecule has 2 heterocycles. The molecule has 0 radical (unpaired) electrons. The van der Waals surface area contributed by atoms with Crippen LogP contribution < -0.4 is 0 Å². The second-order valence-corrected chi connectivity index (χ2v) is 15.9. The molecule has 4 fully saturated rings. The van der Waals surface area contributed by atoms with Gasteiger partial charge >= 0.3 is 11.9 Å². The third-order valence-corrected chi connectivity index (χ3v) is 12.4. The number of esters is 2. The Kier molecular flexibility index (Phi) is 7.20. The summed E-state index contributed by atoms with van der Waals surface area (Å²) in [6.07, 6.45) is 3.58. The fraction of sp³-hybridized carbons (Fsp3) is 0.794. The molecule has 2 saturated carbocycles. The van der Waals surface area contributed by atoms with Crippen LogP contribution in [0, 0.1) is 33.5 Å². The largest absolute Gasteiger partial charge is 0.458 e. The third-order valence-electron chi connectivity index (χ3n) is 12.4. The molecule has 0 amide bonds. The lowest BCUT2D eigenvalue weighted by Crippen LogP contribution is -2.66. The molecule has 10 nitrogen and oxygen atoms in total. The van der Waals surface area contributed by atoms with Gasteiger partial charge in [0.1, 0.15) is 12.2 Å². The van der Waals surface area contributed by atoms with Crippen LogP contribution in [-0.2, 0) is 38.1 Å². The topological polar surface area (TPSA) is 138 Å². The molecule has 0 aromatic carbocycles. The lowest BCUT2D eigenvalue weighted by molar-refractivity contribution is -0.211. The number of fused-ring (bicyclic) bond motifs is 2. The van der Waals surface area contributed by atoms with Gasteiger partial charge in [0, 0.05) is 47.7 Å². The quantitative estimate of drug-likeness (QED) is 0.270. The van der Waals surface area contributed by atoms with E-state index in [-0.39, 0.29) is 28.2 Å². The van der Waals surface area contributed by atoms with E-state index in [1.165, 1.54) is 13.8 Å². The smallest absolute Gasteiger partial charge is 0.303 e. The van der Waals surface area contributed by atoms with Crippen LogP contribution in [-0.4, -0.2) is 70.7 Å². The number of aliphatic hydroxyl groups is 2. The van der Waals surface area contributed by atoms with Crippen molar-refractivity contribution in [2.75, 3.05) is 0 Å². The molecule has 11 atom stereocenters. The van der Waals surface area contributed by atoms with Gasteiger partial charge in [-0.3, -0.25) is 14.4 Å². The molecule has 6 aliphatic rings. The molecule has 10 heteroatoms. The molecular weight excluding hydrogens is 568 g/mol. The highest BCUT2D eigenvalue weighted by Crippen LogP contribution is 2.69. The molecule has 2 saturated heterocycles. The predicted octanol–water partition coefficient (Wildman–Crippen LogP) is 4.11. The van der Waals surface area contributed by atoms with Gasteiger partial charge in [0.25, 0.3) is 0 Å². The molecule has 2 aliphatic heterocycles. The lowest BCUT2D eigenvalue weighted by Gasteiger charge is -2.61. The Hall–Kier alpha value is -2.11. The van der Waals surface area contributed by atoms with Crippen LogP contribution in [0.4, 0.5) is 0 Å². The maximum atomic E-state index is 13.1. The number of rotatable bonds is 4. The van der Waals surface area contributed by atoms with Crippen molar-refractivity contribution in [3.63, 3.8) is 0 Å². The van der Waals surface area contributed by atoms with Crippen molar-refractivity contribution >= 4 is 18.2 Å². The minimum Gasteiger partial charge on any atom is -0.458 e. The average Bonchev–Trinajstić information content (AvgIpc) is 3.38. The highest BCUT2D eigenvalue weighted by Gasteiger charge is 2.76. The Morgan fingerprint density at radius 3 is 1.84 bits per heavy atom. The normalized spacial score (nSPS) is 48.5. The number of aldehydes is 1. The Morgan fingerprint density at radius 2 is 1.32 bits per heavy atom. The molecule has 1 unspecified atom stereocenters. The Balaban J connectivity index is 1.50. The van der Waals surface area contributed by atoms with Crippen LogP contribution in [0.5, 0.6) is 0 Å². The maximum Gasteiger partial charge on any atom is 0.303 e. The van der Waals surface area contributed by atoms with Crippen LogP contribution in [0.15, 0.2) is 23.3 Å². The Morgan fingerprint density at radius 1 is 0.818 bits per heavy atom. The van der Waals surface area contributed by atoms with E-state index in [2.05, 4.69) is 34.6 Å². The van der Waals surface area contributed by atoms with E-state index < -0.39 is 65.0 Å². The molecule has 1 spiro atoms. The van der Waals surface area contributed by atoms with Crippen molar-refractivity contribution in [2.45, 2.75) is 136 Å². The van der Waals surface area contributed by atoms with Gasteiger partial charge in [-0.05, 0) is 48.7 Å². The first-order chi connectivity index (χ1) is 20.4. The molecule has 0 bridgehead atoms. The zero-order chi connectivity index (χ0) is 32.3. The van der Waals surface area contributed by atoms with Gasteiger partial charge in [0.15, 0.2) is 36.4 Å². The molecule has 44 heavy (non-hydrogen) atoms. The molecule has 0 aromatic heterocycles. The van der Waals surface area contributed by atoms with Crippen molar-refractivity contribution in [3.8, 4) is 0 Å². The first kappa shape index (κ1) is 31.9. The number of hydrogen-bond donors (Lipinski definition) is 2. The number of ether oxygens (including phenoxy) is 5. The summed E-state index contributed by atoms with van der Waals surface area (Å²) >= 11 is 0. The minimum atomic E-state index is -1.99. The van der Waals surface area contributed by atoms with E-state index in [9.17, 15) is 24.6 Å². The summed E-state index contributed by atoms with van der Waals surface area (Å²) < 4.78 is 31.3. The van der Waals surface area contributed by atoms with E-state index in [0.717, 1.165) is 25.7 Å². The van der Waals surface area contributed by atoms with E-state index in [1.54, 1.807) is 12.2 Å². The molecule has 4 aliphatic carbocycles. The second-order valence-electron chi connectivity index (χ2n) is 15.9. The fourth-order valence-corrected chi connectivity index (χ4v) is 10.9. The summed E-state index contributed by atoms with van der Waals surface area (Å²) in [7, 11) is 0. The maximum absolute atomic E-state index is 13.1. The molecule has 2 N–H and O–H groups in total. The number of carbonyl (C=O) groups is 3. The monoisotopic (exact) mass is 616 g/mol. The zero-order valence-electron chi connectivity index (χ0n) is 27.2. The van der Waals surface area contributed by atoms with E-state index in [0.29, 0.717) is 24.7 Å². The predicted molar refractivity (Wildman–Crippen MR) is 156 cm³/mol. The van der Waals surface area contributed by atoms with Crippen molar-refractivity contribution in [1.29, 1.82) is 0 Å². The van der Waals surface area contributed by atoms with Gasteiger partial charge in [-0.25, -0.2) is 0 Å². The van der Waals surface area contributed by atoms with Crippen LogP contribution in [0.25, 0.3) is 0 Å². The Labute approximate surface area is 259 Å². The van der Waals surface area contributed by atoms with Gasteiger partial charge in [-0.15, -0.1) is 0 Å². The van der Waals surface area contributed by atoms with Crippen LogP contribution in [0.2, 0.25) is 0 Å². The van der Waals surface area contributed by atoms with Crippen molar-refractivity contribution < 1.29 is 48.3 Å². The fourth-order valence-electron chi connectivity index (χ4n) is 10.9. The third kappa shape index (κ3) is 4.06. The number of carbonyl (C=O) groups excluding carboxylic acids is 3. The summed E-state index contributed by atoms with van der Waals surface area (Å²) in [5.41, 5.74) is -5.02. The van der Waals surface area contributed by atoms with E-state index in [1.807, 2.05) is 6.92 Å². The summed E-state index contributed by atoms with van der Waals surface area (Å²) in [4.78, 5) is 37.7. The van der Waals surface area contributed by atoms with Gasteiger partial charge in [-0.2, -0.15) is 0 Å². The number of aliphatic hydroxyl groups excluding tert-OH is 1. The summed E-state index contributed by atoms with van der Waals surface area (Å²) in [6, 6.07) is 0. The molecule has 0 aromatic rings. The van der Waals surface area contributed by atoms with Gasteiger partial charge in [-0.1, -0.05) is 54.4 Å². The van der Waals surface area contributed by atoms with Crippen LogP contribution in [0.3, 0.4) is 0 Å². The van der Waals surface area contributed by atoms with Crippen molar-refractivity contribution in [3.05, 3.63) is 23.3 Å². The summed E-state index contributed by atoms with van der Waals surface area (Å²) in [5.74, 6) is -1.44. The van der Waals surface area contributed by atoms with Gasteiger partial charge in [0.2, 0.25) is 0 Å². The zero-order valence-corrected chi connectivity index (χ0v) is 27.2. The minimum absolute atomic E-state index is 0.175. The Bertz CT molecular complexity index is 1320. The first-order valence-electron chi connectivity index (χ1n) is 16.0. The highest BCUT2D eigenvalue weighted by molar-refractivity contribution is 5.73. The van der Waals surface area contributed by atoms with E-state index in [4.69, 9.17) is 23.7 Å².